The minimum Gasteiger partial charge on any atom is -0.466 e. The molecule has 3 aliphatic heterocycles. The Morgan fingerprint density at radius 2 is 1.61 bits per heavy atom. The average Bonchev–Trinajstić information content (AvgIpc) is 3.42. The molecule has 3 heterocycles. The predicted molar refractivity (Wildman–Crippen MR) is 175 cm³/mol. The van der Waals surface area contributed by atoms with Crippen molar-refractivity contribution in [1.29, 1.82) is 0 Å². The van der Waals surface area contributed by atoms with Crippen molar-refractivity contribution >= 4 is 35.2 Å². The van der Waals surface area contributed by atoms with Crippen LogP contribution in [-0.4, -0.2) is 78.0 Å². The van der Waals surface area contributed by atoms with E-state index in [2.05, 4.69) is 4.90 Å². The number of rotatable bonds is 8. The van der Waals surface area contributed by atoms with E-state index >= 15 is 0 Å². The highest BCUT2D eigenvalue weighted by Gasteiger charge is 2.43. The third kappa shape index (κ3) is 7.05. The van der Waals surface area contributed by atoms with Crippen molar-refractivity contribution in [3.05, 3.63) is 100 Å². The molecule has 3 aliphatic rings. The predicted octanol–water partition coefficient (Wildman–Crippen LogP) is 6.54. The number of urea groups is 1. The van der Waals surface area contributed by atoms with Gasteiger partial charge in [-0.2, -0.15) is 0 Å². The highest BCUT2D eigenvalue weighted by Crippen LogP contribution is 2.38. The summed E-state index contributed by atoms with van der Waals surface area (Å²) in [6.45, 7) is 6.20. The summed E-state index contributed by atoms with van der Waals surface area (Å²) in [5.74, 6) is -0.632. The molecule has 0 aliphatic carbocycles. The molecule has 0 N–H and O–H groups in total. The summed E-state index contributed by atoms with van der Waals surface area (Å²) in [4.78, 5) is 47.0. The van der Waals surface area contributed by atoms with Crippen LogP contribution in [0.4, 0.5) is 14.9 Å². The number of esters is 1. The molecule has 3 amide bonds. The van der Waals surface area contributed by atoms with Gasteiger partial charge in [0.25, 0.3) is 5.91 Å². The summed E-state index contributed by atoms with van der Waals surface area (Å²) in [7, 11) is 0. The number of benzene rings is 3. The number of carbonyl (C=O) groups excluding carboxylic acids is 3. The summed E-state index contributed by atoms with van der Waals surface area (Å²) >= 11 is 6.35. The maximum Gasteiger partial charge on any atom is 0.325 e. The van der Waals surface area contributed by atoms with E-state index in [1.54, 1.807) is 17.0 Å². The number of carbonyl (C=O) groups is 3. The van der Waals surface area contributed by atoms with Crippen LogP contribution >= 0.6 is 11.6 Å². The van der Waals surface area contributed by atoms with Gasteiger partial charge in [-0.1, -0.05) is 35.9 Å². The van der Waals surface area contributed by atoms with Gasteiger partial charge in [0.2, 0.25) is 0 Å². The van der Waals surface area contributed by atoms with Crippen molar-refractivity contribution in [3.63, 3.8) is 0 Å². The van der Waals surface area contributed by atoms with Crippen molar-refractivity contribution < 1.29 is 23.5 Å². The number of halogens is 2. The van der Waals surface area contributed by atoms with Gasteiger partial charge < -0.3 is 14.5 Å². The molecule has 0 saturated carbocycles. The first-order chi connectivity index (χ1) is 22.3. The molecular weight excluding hydrogens is 607 g/mol. The standard InChI is InChI=1S/C36H40ClFN4O4/c1-2-46-35(44)27-14-20-40(21-15-27)34(43)26-8-6-25(7-9-26)23-39-18-16-32(17-19-39)42-33(28-4-3-5-29(37)22-28)24-41(36(42)45)31-12-10-30(38)11-13-31/h3-13,22,27,32-33H,2,14-21,23-24H2,1H3. The van der Waals surface area contributed by atoms with Crippen LogP contribution in [0.2, 0.25) is 5.02 Å². The fraction of sp³-hybridized carbons (Fsp3) is 0.417. The number of amides is 3. The Balaban J connectivity index is 1.06. The topological polar surface area (TPSA) is 73.4 Å². The van der Waals surface area contributed by atoms with Gasteiger partial charge in [0.1, 0.15) is 5.82 Å². The lowest BCUT2D eigenvalue weighted by atomic mass is 9.96. The molecule has 0 aromatic heterocycles. The first kappa shape index (κ1) is 32.0. The van der Waals surface area contributed by atoms with Crippen LogP contribution in [0, 0.1) is 11.7 Å². The molecule has 3 aromatic carbocycles. The molecule has 46 heavy (non-hydrogen) atoms. The SMILES string of the molecule is CCOC(=O)C1CCN(C(=O)c2ccc(CN3CCC(N4C(=O)N(c5ccc(F)cc5)CC4c4cccc(Cl)c4)CC3)cc2)CC1. The number of hydrogen-bond donors (Lipinski definition) is 0. The smallest absolute Gasteiger partial charge is 0.325 e. The van der Waals surface area contributed by atoms with E-state index in [0.717, 1.165) is 43.6 Å². The van der Waals surface area contributed by atoms with Crippen molar-refractivity contribution in [2.45, 2.75) is 51.2 Å². The zero-order chi connectivity index (χ0) is 32.2. The maximum absolute atomic E-state index is 13.9. The molecule has 8 nitrogen and oxygen atoms in total. The fourth-order valence-electron chi connectivity index (χ4n) is 6.97. The van der Waals surface area contributed by atoms with Crippen LogP contribution in [0.5, 0.6) is 0 Å². The van der Waals surface area contributed by atoms with Gasteiger partial charge in [0.15, 0.2) is 0 Å². The zero-order valence-electron chi connectivity index (χ0n) is 26.1. The molecule has 1 atom stereocenters. The molecule has 3 aromatic rings. The lowest BCUT2D eigenvalue weighted by Crippen LogP contribution is -2.47. The highest BCUT2D eigenvalue weighted by atomic mass is 35.5. The largest absolute Gasteiger partial charge is 0.466 e. The van der Waals surface area contributed by atoms with Gasteiger partial charge >= 0.3 is 12.0 Å². The lowest BCUT2D eigenvalue weighted by Gasteiger charge is -2.39. The number of hydrogen-bond acceptors (Lipinski definition) is 5. The molecule has 1 unspecified atom stereocenters. The summed E-state index contributed by atoms with van der Waals surface area (Å²) in [6, 6.07) is 21.4. The minimum atomic E-state index is -0.334. The lowest BCUT2D eigenvalue weighted by molar-refractivity contribution is -0.149. The number of likely N-dealkylation sites (tertiary alicyclic amines) is 2. The first-order valence-corrected chi connectivity index (χ1v) is 16.6. The van der Waals surface area contributed by atoms with E-state index in [9.17, 15) is 18.8 Å². The second kappa shape index (κ2) is 14.2. The van der Waals surface area contributed by atoms with Crippen LogP contribution in [0.25, 0.3) is 0 Å². The van der Waals surface area contributed by atoms with Crippen LogP contribution < -0.4 is 4.90 Å². The molecule has 0 bridgehead atoms. The van der Waals surface area contributed by atoms with Crippen LogP contribution in [0.3, 0.4) is 0 Å². The third-order valence-corrected chi connectivity index (χ3v) is 9.71. The van der Waals surface area contributed by atoms with E-state index in [1.165, 1.54) is 12.1 Å². The van der Waals surface area contributed by atoms with Gasteiger partial charge in [0.05, 0.1) is 25.1 Å². The van der Waals surface area contributed by atoms with Gasteiger partial charge in [-0.15, -0.1) is 0 Å². The normalized spacial score (nSPS) is 19.9. The monoisotopic (exact) mass is 646 g/mol. The van der Waals surface area contributed by atoms with Crippen molar-refractivity contribution in [2.75, 3.05) is 44.2 Å². The van der Waals surface area contributed by atoms with E-state index in [1.807, 2.05) is 65.3 Å². The second-order valence-electron chi connectivity index (χ2n) is 12.4. The first-order valence-electron chi connectivity index (χ1n) is 16.2. The molecule has 3 saturated heterocycles. The van der Waals surface area contributed by atoms with Crippen LogP contribution in [0.1, 0.15) is 60.1 Å². The van der Waals surface area contributed by atoms with Crippen LogP contribution in [0.15, 0.2) is 72.8 Å². The van der Waals surface area contributed by atoms with E-state index in [0.29, 0.717) is 55.4 Å². The van der Waals surface area contributed by atoms with Gasteiger partial charge in [-0.25, -0.2) is 9.18 Å². The Kier molecular flexibility index (Phi) is 9.89. The van der Waals surface area contributed by atoms with E-state index in [4.69, 9.17) is 16.3 Å². The summed E-state index contributed by atoms with van der Waals surface area (Å²) < 4.78 is 18.8. The molecule has 3 fully saturated rings. The van der Waals surface area contributed by atoms with Crippen molar-refractivity contribution in [1.82, 2.24) is 14.7 Å². The molecule has 0 radical (unpaired) electrons. The zero-order valence-corrected chi connectivity index (χ0v) is 26.9. The van der Waals surface area contributed by atoms with Gasteiger partial charge in [-0.3, -0.25) is 19.4 Å². The van der Waals surface area contributed by atoms with Crippen molar-refractivity contribution in [3.8, 4) is 0 Å². The quantitative estimate of drug-likeness (QED) is 0.260. The minimum absolute atomic E-state index is 0.00566. The summed E-state index contributed by atoms with van der Waals surface area (Å²) in [5.41, 5.74) is 3.46. The Morgan fingerprint density at radius 1 is 0.913 bits per heavy atom. The molecule has 10 heteroatoms. The van der Waals surface area contributed by atoms with E-state index in [-0.39, 0.29) is 41.7 Å². The molecule has 0 spiro atoms. The van der Waals surface area contributed by atoms with Gasteiger partial charge in [0, 0.05) is 55.0 Å². The van der Waals surface area contributed by atoms with E-state index < -0.39 is 0 Å². The average molecular weight is 647 g/mol. The van der Waals surface area contributed by atoms with Crippen LogP contribution in [-0.2, 0) is 16.1 Å². The molecule has 6 rings (SSSR count). The molecule has 242 valence electrons. The van der Waals surface area contributed by atoms with Crippen molar-refractivity contribution in [2.24, 2.45) is 5.92 Å². The fourth-order valence-corrected chi connectivity index (χ4v) is 7.17. The molecular formula is C36H40ClFN4O4. The number of nitrogens with zero attached hydrogens (tertiary/aromatic N) is 4. The number of ether oxygens (including phenoxy) is 1. The number of piperidine rings is 2. The Morgan fingerprint density at radius 3 is 2.26 bits per heavy atom. The number of anilines is 1. The Labute approximate surface area is 274 Å². The second-order valence-corrected chi connectivity index (χ2v) is 12.8. The third-order valence-electron chi connectivity index (χ3n) is 9.47. The van der Waals surface area contributed by atoms with Gasteiger partial charge in [-0.05, 0) is 92.3 Å². The highest BCUT2D eigenvalue weighted by molar-refractivity contribution is 6.30. The summed E-state index contributed by atoms with van der Waals surface area (Å²) in [6.07, 6.45) is 2.92. The Hall–Kier alpha value is -3.95. The summed E-state index contributed by atoms with van der Waals surface area (Å²) in [5, 5.41) is 0.631. The Bertz CT molecular complexity index is 1540. The maximum atomic E-state index is 13.9.